The molecule has 3 aromatic carbocycles. The van der Waals surface area contributed by atoms with Gasteiger partial charge in [-0.05, 0) is 47.5 Å². The van der Waals surface area contributed by atoms with Crippen molar-refractivity contribution in [3.05, 3.63) is 89.9 Å². The van der Waals surface area contributed by atoms with Crippen LogP contribution in [0.5, 0.6) is 11.5 Å². The van der Waals surface area contributed by atoms with Crippen LogP contribution in [0.15, 0.2) is 72.9 Å². The molecule has 6 heteroatoms. The zero-order chi connectivity index (χ0) is 21.8. The number of nitrogens with zero attached hydrogens (tertiary/aromatic N) is 1. The van der Waals surface area contributed by atoms with E-state index in [1.165, 1.54) is 12.1 Å². The van der Waals surface area contributed by atoms with E-state index in [0.717, 1.165) is 33.5 Å². The maximum absolute atomic E-state index is 13.4. The summed E-state index contributed by atoms with van der Waals surface area (Å²) in [5, 5.41) is 3.77. The molecule has 0 aliphatic carbocycles. The highest BCUT2D eigenvalue weighted by molar-refractivity contribution is 5.96. The molecule has 0 atom stereocenters. The molecule has 0 bridgehead atoms. The van der Waals surface area contributed by atoms with Gasteiger partial charge in [0.15, 0.2) is 0 Å². The number of amides is 1. The first-order valence-corrected chi connectivity index (χ1v) is 9.90. The molecule has 1 heterocycles. The molecule has 0 fully saturated rings. The van der Waals surface area contributed by atoms with Crippen molar-refractivity contribution < 1.29 is 18.7 Å². The van der Waals surface area contributed by atoms with Gasteiger partial charge >= 0.3 is 0 Å². The van der Waals surface area contributed by atoms with Gasteiger partial charge in [0.25, 0.3) is 0 Å². The van der Waals surface area contributed by atoms with Crippen LogP contribution in [0.4, 0.5) is 10.1 Å². The predicted molar refractivity (Wildman–Crippen MR) is 119 cm³/mol. The van der Waals surface area contributed by atoms with Crippen molar-refractivity contribution in [1.82, 2.24) is 4.57 Å². The minimum atomic E-state index is -0.386. The summed E-state index contributed by atoms with van der Waals surface area (Å²) >= 11 is 0. The largest absolute Gasteiger partial charge is 0.497 e. The summed E-state index contributed by atoms with van der Waals surface area (Å²) in [6.07, 6.45) is 2.17. The third-order valence-corrected chi connectivity index (χ3v) is 5.09. The van der Waals surface area contributed by atoms with Gasteiger partial charge in [-0.3, -0.25) is 4.79 Å². The van der Waals surface area contributed by atoms with E-state index in [1.807, 2.05) is 48.7 Å². The number of carbonyl (C=O) groups excluding carboxylic acids is 1. The molecule has 31 heavy (non-hydrogen) atoms. The third-order valence-electron chi connectivity index (χ3n) is 5.09. The number of halogens is 1. The topological polar surface area (TPSA) is 52.5 Å². The van der Waals surface area contributed by atoms with E-state index in [-0.39, 0.29) is 18.1 Å². The lowest BCUT2D eigenvalue weighted by atomic mass is 10.1. The van der Waals surface area contributed by atoms with Crippen LogP contribution in [-0.2, 0) is 17.8 Å². The number of methoxy groups -OCH3 is 2. The number of anilines is 1. The molecule has 5 nitrogen and oxygen atoms in total. The average Bonchev–Trinajstić information content (AvgIpc) is 3.10. The summed E-state index contributed by atoms with van der Waals surface area (Å²) in [4.78, 5) is 12.6. The van der Waals surface area contributed by atoms with E-state index in [4.69, 9.17) is 9.47 Å². The van der Waals surface area contributed by atoms with Crippen LogP contribution in [-0.4, -0.2) is 24.7 Å². The number of para-hydroxylation sites is 1. The first-order chi connectivity index (χ1) is 15.1. The second-order valence-electron chi connectivity index (χ2n) is 7.26. The fourth-order valence-corrected chi connectivity index (χ4v) is 3.69. The minimum absolute atomic E-state index is 0.186. The molecule has 0 radical (unpaired) electrons. The van der Waals surface area contributed by atoms with Gasteiger partial charge in [0.05, 0.1) is 20.6 Å². The van der Waals surface area contributed by atoms with Crippen LogP contribution >= 0.6 is 0 Å². The van der Waals surface area contributed by atoms with Crippen LogP contribution in [0.25, 0.3) is 10.9 Å². The average molecular weight is 418 g/mol. The Labute approximate surface area is 180 Å². The number of hydrogen-bond acceptors (Lipinski definition) is 3. The molecular formula is C25H23FN2O3. The van der Waals surface area contributed by atoms with Gasteiger partial charge in [0, 0.05) is 35.4 Å². The van der Waals surface area contributed by atoms with Crippen LogP contribution in [0, 0.1) is 5.82 Å². The predicted octanol–water partition coefficient (Wildman–Crippen LogP) is 5.03. The lowest BCUT2D eigenvalue weighted by Crippen LogP contribution is -2.14. The number of hydrogen-bond donors (Lipinski definition) is 1. The lowest BCUT2D eigenvalue weighted by molar-refractivity contribution is -0.115. The van der Waals surface area contributed by atoms with Gasteiger partial charge in [-0.15, -0.1) is 0 Å². The molecular weight excluding hydrogens is 395 g/mol. The fourth-order valence-electron chi connectivity index (χ4n) is 3.69. The molecule has 0 saturated heterocycles. The summed E-state index contributed by atoms with van der Waals surface area (Å²) in [6.45, 7) is 0.597. The molecule has 0 aliphatic heterocycles. The standard InChI is InChI=1S/C25H23FN2O3/c1-30-21-10-17(11-22(14-21)31-2)15-28-16-18(23-8-3-4-9-24(23)28)12-25(29)27-20-7-5-6-19(26)13-20/h3-11,13-14,16H,12,15H2,1-2H3,(H,27,29). The van der Waals surface area contributed by atoms with Crippen molar-refractivity contribution in [3.8, 4) is 11.5 Å². The van der Waals surface area contributed by atoms with Gasteiger partial charge in [0.1, 0.15) is 17.3 Å². The SMILES string of the molecule is COc1cc(Cn2cc(CC(=O)Nc3cccc(F)c3)c3ccccc32)cc(OC)c1. The Morgan fingerprint density at radius 3 is 2.42 bits per heavy atom. The summed E-state index contributed by atoms with van der Waals surface area (Å²) in [5.74, 6) is 0.862. The maximum Gasteiger partial charge on any atom is 0.228 e. The normalized spacial score (nSPS) is 10.8. The van der Waals surface area contributed by atoms with Crippen molar-refractivity contribution >= 4 is 22.5 Å². The lowest BCUT2D eigenvalue weighted by Gasteiger charge is -2.10. The zero-order valence-corrected chi connectivity index (χ0v) is 17.4. The van der Waals surface area contributed by atoms with Crippen LogP contribution in [0.1, 0.15) is 11.1 Å². The quantitative estimate of drug-likeness (QED) is 0.458. The molecule has 4 aromatic rings. The van der Waals surface area contributed by atoms with Crippen LogP contribution < -0.4 is 14.8 Å². The second kappa shape index (κ2) is 8.92. The monoisotopic (exact) mass is 418 g/mol. The van der Waals surface area contributed by atoms with Crippen molar-refractivity contribution in [2.75, 3.05) is 19.5 Å². The Morgan fingerprint density at radius 2 is 1.71 bits per heavy atom. The number of nitrogens with one attached hydrogen (secondary N) is 1. The van der Waals surface area contributed by atoms with Crippen molar-refractivity contribution in [2.45, 2.75) is 13.0 Å². The molecule has 0 spiro atoms. The van der Waals surface area contributed by atoms with Crippen molar-refractivity contribution in [1.29, 1.82) is 0 Å². The van der Waals surface area contributed by atoms with E-state index in [2.05, 4.69) is 9.88 Å². The van der Waals surface area contributed by atoms with Gasteiger partial charge in [-0.25, -0.2) is 4.39 Å². The summed E-state index contributed by atoms with van der Waals surface area (Å²) in [5.41, 5.74) is 3.39. The Bertz CT molecular complexity index is 1210. The molecule has 0 saturated carbocycles. The number of carbonyl (C=O) groups is 1. The Kier molecular flexibility index (Phi) is 5.89. The van der Waals surface area contributed by atoms with E-state index in [1.54, 1.807) is 26.4 Å². The summed E-state index contributed by atoms with van der Waals surface area (Å²) in [7, 11) is 3.25. The third kappa shape index (κ3) is 4.69. The second-order valence-corrected chi connectivity index (χ2v) is 7.26. The highest BCUT2D eigenvalue weighted by Gasteiger charge is 2.13. The number of ether oxygens (including phenoxy) is 2. The molecule has 0 aliphatic rings. The molecule has 158 valence electrons. The van der Waals surface area contributed by atoms with E-state index in [0.29, 0.717) is 12.2 Å². The Balaban J connectivity index is 1.61. The molecule has 0 unspecified atom stereocenters. The maximum atomic E-state index is 13.4. The Morgan fingerprint density at radius 1 is 0.968 bits per heavy atom. The number of aromatic nitrogens is 1. The fraction of sp³-hybridized carbons (Fsp3) is 0.160. The zero-order valence-electron chi connectivity index (χ0n) is 17.4. The van der Waals surface area contributed by atoms with Gasteiger partial charge in [-0.2, -0.15) is 0 Å². The first kappa shape index (κ1) is 20.5. The summed E-state index contributed by atoms with van der Waals surface area (Å²) < 4.78 is 26.3. The molecule has 1 aromatic heterocycles. The minimum Gasteiger partial charge on any atom is -0.497 e. The number of fused-ring (bicyclic) bond motifs is 1. The van der Waals surface area contributed by atoms with Crippen molar-refractivity contribution in [2.24, 2.45) is 0 Å². The van der Waals surface area contributed by atoms with E-state index >= 15 is 0 Å². The highest BCUT2D eigenvalue weighted by atomic mass is 19.1. The van der Waals surface area contributed by atoms with E-state index in [9.17, 15) is 9.18 Å². The van der Waals surface area contributed by atoms with Crippen molar-refractivity contribution in [3.63, 3.8) is 0 Å². The smallest absolute Gasteiger partial charge is 0.228 e. The van der Waals surface area contributed by atoms with Crippen LogP contribution in [0.2, 0.25) is 0 Å². The van der Waals surface area contributed by atoms with E-state index < -0.39 is 0 Å². The van der Waals surface area contributed by atoms with Gasteiger partial charge in [0.2, 0.25) is 5.91 Å². The van der Waals surface area contributed by atoms with Gasteiger partial charge < -0.3 is 19.4 Å². The molecule has 4 rings (SSSR count). The number of benzene rings is 3. The van der Waals surface area contributed by atoms with Crippen LogP contribution in [0.3, 0.4) is 0 Å². The Hall–Kier alpha value is -3.80. The highest BCUT2D eigenvalue weighted by Crippen LogP contribution is 2.27. The first-order valence-electron chi connectivity index (χ1n) is 9.90. The van der Waals surface area contributed by atoms with Gasteiger partial charge in [-0.1, -0.05) is 24.3 Å². The molecule has 1 N–H and O–H groups in total. The molecule has 1 amide bonds. The number of rotatable bonds is 7. The summed E-state index contributed by atoms with van der Waals surface area (Å²) in [6, 6.07) is 19.6.